The van der Waals surface area contributed by atoms with Crippen LogP contribution in [0.1, 0.15) is 49.7 Å². The number of carbonyl (C=O) groups is 1. The van der Waals surface area contributed by atoms with Crippen molar-refractivity contribution in [2.24, 2.45) is 5.92 Å². The van der Waals surface area contributed by atoms with Crippen molar-refractivity contribution in [3.63, 3.8) is 0 Å². The smallest absolute Gasteiger partial charge is 0.233 e. The molecule has 2 aromatic carbocycles. The third-order valence-corrected chi connectivity index (χ3v) is 8.41. The zero-order valence-electron chi connectivity index (χ0n) is 19.2. The van der Waals surface area contributed by atoms with Gasteiger partial charge in [0.05, 0.1) is 5.41 Å². The van der Waals surface area contributed by atoms with Gasteiger partial charge >= 0.3 is 0 Å². The van der Waals surface area contributed by atoms with Gasteiger partial charge in [0, 0.05) is 43.1 Å². The Balaban J connectivity index is 1.24. The zero-order chi connectivity index (χ0) is 22.3. The van der Waals surface area contributed by atoms with E-state index in [1.54, 1.807) is 0 Å². The maximum Gasteiger partial charge on any atom is 0.233 e. The average Bonchev–Trinajstić information content (AvgIpc) is 3.14. The van der Waals surface area contributed by atoms with Gasteiger partial charge in [-0.15, -0.1) is 0 Å². The van der Waals surface area contributed by atoms with Gasteiger partial charge < -0.3 is 9.64 Å². The molecule has 3 aromatic rings. The number of benzene rings is 2. The number of carbonyl (C=O) groups excluding carboxylic acids is 1. The second kappa shape index (κ2) is 8.57. The minimum atomic E-state index is -0.424. The molecule has 0 spiro atoms. The number of fused-ring (bicyclic) bond motifs is 3. The molecular weight excluding hydrogens is 408 g/mol. The van der Waals surface area contributed by atoms with Gasteiger partial charge in [0.15, 0.2) is 0 Å². The van der Waals surface area contributed by atoms with Gasteiger partial charge in [0.1, 0.15) is 0 Å². The van der Waals surface area contributed by atoms with E-state index in [4.69, 9.17) is 4.74 Å². The molecule has 170 valence electrons. The fraction of sp³-hybridized carbons (Fsp3) is 0.448. The predicted molar refractivity (Wildman–Crippen MR) is 130 cm³/mol. The predicted octanol–water partition coefficient (Wildman–Crippen LogP) is 5.30. The van der Waals surface area contributed by atoms with Crippen LogP contribution in [0.2, 0.25) is 0 Å². The molecule has 2 bridgehead atoms. The third kappa shape index (κ3) is 3.65. The molecule has 0 N–H and O–H groups in total. The normalized spacial score (nSPS) is 26.4. The Morgan fingerprint density at radius 2 is 1.64 bits per heavy atom. The maximum atomic E-state index is 14.2. The van der Waals surface area contributed by atoms with Crippen LogP contribution >= 0.6 is 0 Å². The van der Waals surface area contributed by atoms with Crippen molar-refractivity contribution in [1.82, 2.24) is 9.88 Å². The Morgan fingerprint density at radius 3 is 2.39 bits per heavy atom. The van der Waals surface area contributed by atoms with Crippen molar-refractivity contribution in [1.29, 1.82) is 0 Å². The van der Waals surface area contributed by atoms with Gasteiger partial charge in [0.2, 0.25) is 5.91 Å². The minimum Gasteiger partial charge on any atom is -0.381 e. The topological polar surface area (TPSA) is 42.4 Å². The van der Waals surface area contributed by atoms with E-state index in [0.717, 1.165) is 44.9 Å². The summed E-state index contributed by atoms with van der Waals surface area (Å²) in [4.78, 5) is 21.1. The van der Waals surface area contributed by atoms with Gasteiger partial charge in [-0.05, 0) is 67.4 Å². The molecule has 3 saturated heterocycles. The molecule has 2 atom stereocenters. The Labute approximate surface area is 196 Å². The van der Waals surface area contributed by atoms with Crippen LogP contribution in [0, 0.1) is 5.92 Å². The van der Waals surface area contributed by atoms with Crippen LogP contribution in [-0.4, -0.2) is 41.1 Å². The number of amides is 1. The molecular formula is C29H32N2O2. The second-order valence-corrected chi connectivity index (χ2v) is 10.2. The Morgan fingerprint density at radius 1 is 0.939 bits per heavy atom. The van der Waals surface area contributed by atoms with E-state index in [0.29, 0.717) is 37.1 Å². The summed E-state index contributed by atoms with van der Waals surface area (Å²) in [6.45, 7) is 1.33. The maximum absolute atomic E-state index is 14.2. The molecule has 4 heterocycles. The molecule has 0 unspecified atom stereocenters. The number of pyridine rings is 1. The number of nitrogens with zero attached hydrogens (tertiary/aromatic N) is 2. The molecule has 33 heavy (non-hydrogen) atoms. The Bertz CT molecular complexity index is 1120. The molecule has 3 fully saturated rings. The van der Waals surface area contributed by atoms with Crippen molar-refractivity contribution < 1.29 is 9.53 Å². The first-order valence-electron chi connectivity index (χ1n) is 12.5. The quantitative estimate of drug-likeness (QED) is 0.553. The molecule has 0 saturated carbocycles. The van der Waals surface area contributed by atoms with Crippen LogP contribution in [0.4, 0.5) is 0 Å². The fourth-order valence-corrected chi connectivity index (χ4v) is 6.79. The van der Waals surface area contributed by atoms with Crippen LogP contribution in [0.3, 0.4) is 0 Å². The fourth-order valence-electron chi connectivity index (χ4n) is 6.79. The van der Waals surface area contributed by atoms with E-state index in [1.165, 1.54) is 21.9 Å². The number of rotatable bonds is 4. The van der Waals surface area contributed by atoms with E-state index < -0.39 is 5.41 Å². The van der Waals surface area contributed by atoms with Gasteiger partial charge in [-0.25, -0.2) is 0 Å². The molecule has 3 aliphatic heterocycles. The summed E-state index contributed by atoms with van der Waals surface area (Å²) in [5, 5.41) is 2.54. The number of hydrogen-bond donors (Lipinski definition) is 0. The van der Waals surface area contributed by atoms with E-state index in [9.17, 15) is 4.79 Å². The highest BCUT2D eigenvalue weighted by Gasteiger charge is 2.51. The number of ether oxygens (including phenoxy) is 1. The van der Waals surface area contributed by atoms with Crippen LogP contribution < -0.4 is 0 Å². The van der Waals surface area contributed by atoms with Crippen molar-refractivity contribution >= 4 is 16.7 Å². The van der Waals surface area contributed by atoms with Crippen molar-refractivity contribution in [2.45, 2.75) is 62.4 Å². The Kier molecular flexibility index (Phi) is 5.41. The van der Waals surface area contributed by atoms with Crippen LogP contribution in [0.15, 0.2) is 67.0 Å². The third-order valence-electron chi connectivity index (χ3n) is 8.41. The minimum absolute atomic E-state index is 0.356. The summed E-state index contributed by atoms with van der Waals surface area (Å²) >= 11 is 0. The molecule has 4 nitrogen and oxygen atoms in total. The second-order valence-electron chi connectivity index (χ2n) is 10.2. The van der Waals surface area contributed by atoms with Gasteiger partial charge in [-0.2, -0.15) is 0 Å². The lowest BCUT2D eigenvalue weighted by Gasteiger charge is -2.46. The molecule has 6 rings (SSSR count). The highest BCUT2D eigenvalue weighted by molar-refractivity contribution is 5.89. The van der Waals surface area contributed by atoms with Crippen LogP contribution in [0.5, 0.6) is 0 Å². The average molecular weight is 441 g/mol. The monoisotopic (exact) mass is 440 g/mol. The van der Waals surface area contributed by atoms with Crippen molar-refractivity contribution in [2.75, 3.05) is 13.2 Å². The molecule has 0 radical (unpaired) electrons. The summed E-state index contributed by atoms with van der Waals surface area (Å²) in [7, 11) is 0. The molecule has 1 amide bonds. The highest BCUT2D eigenvalue weighted by atomic mass is 16.5. The first-order valence-corrected chi connectivity index (χ1v) is 12.5. The van der Waals surface area contributed by atoms with Crippen molar-refractivity contribution in [3.05, 3.63) is 78.1 Å². The molecule has 0 aliphatic carbocycles. The van der Waals surface area contributed by atoms with E-state index in [1.807, 2.05) is 18.5 Å². The lowest BCUT2D eigenvalue weighted by molar-refractivity contribution is -0.146. The standard InChI is InChI=1S/C29H32N2O2/c32-28(29(12-14-33-15-13-29)24-7-2-1-3-8-24)31-25-10-11-26(31)18-21(17-25)16-23-20-30-19-22-6-4-5-9-27(22)23/h1-9,19-21,25-26H,10-18H2/t25-,26-/m0/s1. The summed E-state index contributed by atoms with van der Waals surface area (Å²) < 4.78 is 5.69. The summed E-state index contributed by atoms with van der Waals surface area (Å²) in [5.74, 6) is 0.969. The first kappa shape index (κ1) is 20.9. The van der Waals surface area contributed by atoms with Crippen molar-refractivity contribution in [3.8, 4) is 0 Å². The number of piperidine rings is 1. The lowest BCUT2D eigenvalue weighted by atomic mass is 9.72. The van der Waals surface area contributed by atoms with Gasteiger partial charge in [-0.3, -0.25) is 9.78 Å². The molecule has 4 heteroatoms. The van der Waals surface area contributed by atoms with Gasteiger partial charge in [0.25, 0.3) is 0 Å². The van der Waals surface area contributed by atoms with E-state index in [2.05, 4.69) is 58.4 Å². The van der Waals surface area contributed by atoms with E-state index >= 15 is 0 Å². The Hall–Kier alpha value is -2.72. The van der Waals surface area contributed by atoms with Crippen LogP contribution in [0.25, 0.3) is 10.8 Å². The largest absolute Gasteiger partial charge is 0.381 e. The SMILES string of the molecule is O=C(N1[C@H]2CC[C@H]1CC(Cc1cncc3ccccc13)C2)C1(c2ccccc2)CCOCC1. The first-order chi connectivity index (χ1) is 16.2. The summed E-state index contributed by atoms with van der Waals surface area (Å²) in [6, 6.07) is 19.8. The zero-order valence-corrected chi connectivity index (χ0v) is 19.2. The number of aromatic nitrogens is 1. The molecule has 1 aromatic heterocycles. The molecule has 3 aliphatic rings. The van der Waals surface area contributed by atoms with E-state index in [-0.39, 0.29) is 0 Å². The number of hydrogen-bond acceptors (Lipinski definition) is 3. The summed E-state index contributed by atoms with van der Waals surface area (Å²) in [5.41, 5.74) is 2.09. The highest BCUT2D eigenvalue weighted by Crippen LogP contribution is 2.45. The van der Waals surface area contributed by atoms with Crippen LogP contribution in [-0.2, 0) is 21.4 Å². The van der Waals surface area contributed by atoms with Gasteiger partial charge in [-0.1, -0.05) is 54.6 Å². The summed E-state index contributed by atoms with van der Waals surface area (Å²) in [6.07, 6.45) is 11.1. The lowest BCUT2D eigenvalue weighted by Crippen LogP contribution is -2.56.